The number of benzene rings is 1. The largest absolute Gasteiger partial charge is 0.486 e. The number of hydrogen-bond donors (Lipinski definition) is 0. The van der Waals surface area contributed by atoms with E-state index in [1.54, 1.807) is 0 Å². The molecule has 1 heterocycles. The standard InChI is InChI=1S/C12H16O2.C2H6/c1-9(2)7-10-3-4-11-12(8-10)14-6-5-13-11;1-2/h3-4,8-9H,5-7H2,1-2H3;1-2H3. The second-order valence-electron chi connectivity index (χ2n) is 4.08. The Balaban J connectivity index is 0.000000606. The summed E-state index contributed by atoms with van der Waals surface area (Å²) in [6, 6.07) is 6.22. The van der Waals surface area contributed by atoms with Crippen molar-refractivity contribution in [3.63, 3.8) is 0 Å². The lowest BCUT2D eigenvalue weighted by Crippen LogP contribution is -2.15. The van der Waals surface area contributed by atoms with E-state index < -0.39 is 0 Å². The molecule has 0 N–H and O–H groups in total. The minimum absolute atomic E-state index is 0.663. The maximum Gasteiger partial charge on any atom is 0.161 e. The second-order valence-corrected chi connectivity index (χ2v) is 4.08. The van der Waals surface area contributed by atoms with Crippen LogP contribution in [0.3, 0.4) is 0 Å². The van der Waals surface area contributed by atoms with Gasteiger partial charge in [0.25, 0.3) is 0 Å². The highest BCUT2D eigenvalue weighted by Crippen LogP contribution is 2.31. The highest BCUT2D eigenvalue weighted by molar-refractivity contribution is 5.43. The fourth-order valence-corrected chi connectivity index (χ4v) is 1.69. The zero-order valence-electron chi connectivity index (χ0n) is 10.7. The van der Waals surface area contributed by atoms with Gasteiger partial charge in [0, 0.05) is 0 Å². The summed E-state index contributed by atoms with van der Waals surface area (Å²) in [4.78, 5) is 0. The van der Waals surface area contributed by atoms with Crippen molar-refractivity contribution in [1.82, 2.24) is 0 Å². The second kappa shape index (κ2) is 6.41. The van der Waals surface area contributed by atoms with E-state index in [-0.39, 0.29) is 0 Å². The summed E-state index contributed by atoms with van der Waals surface area (Å²) < 4.78 is 11.0. The maximum absolute atomic E-state index is 5.52. The van der Waals surface area contributed by atoms with Crippen molar-refractivity contribution in [2.45, 2.75) is 34.1 Å². The Morgan fingerprint density at radius 1 is 1.06 bits per heavy atom. The third-order valence-electron chi connectivity index (χ3n) is 2.25. The third-order valence-corrected chi connectivity index (χ3v) is 2.25. The molecule has 0 fully saturated rings. The number of rotatable bonds is 2. The van der Waals surface area contributed by atoms with E-state index in [9.17, 15) is 0 Å². The maximum atomic E-state index is 5.52. The van der Waals surface area contributed by atoms with Gasteiger partial charge in [0.2, 0.25) is 0 Å². The molecule has 2 nitrogen and oxygen atoms in total. The molecular formula is C14H22O2. The molecule has 0 atom stereocenters. The summed E-state index contributed by atoms with van der Waals surface area (Å²) in [6.45, 7) is 9.77. The van der Waals surface area contributed by atoms with Gasteiger partial charge in [-0.15, -0.1) is 0 Å². The van der Waals surface area contributed by atoms with Gasteiger partial charge in [-0.1, -0.05) is 33.8 Å². The summed E-state index contributed by atoms with van der Waals surface area (Å²) in [5.74, 6) is 2.45. The van der Waals surface area contributed by atoms with E-state index in [0.717, 1.165) is 17.9 Å². The molecule has 1 aromatic rings. The van der Waals surface area contributed by atoms with Crippen molar-refractivity contribution >= 4 is 0 Å². The van der Waals surface area contributed by atoms with Gasteiger partial charge in [-0.25, -0.2) is 0 Å². The third kappa shape index (κ3) is 3.44. The number of fused-ring (bicyclic) bond motifs is 1. The molecular weight excluding hydrogens is 200 g/mol. The van der Waals surface area contributed by atoms with Gasteiger partial charge in [-0.05, 0) is 30.0 Å². The van der Waals surface area contributed by atoms with E-state index in [2.05, 4.69) is 26.0 Å². The molecule has 0 spiro atoms. The van der Waals surface area contributed by atoms with Gasteiger partial charge in [-0.3, -0.25) is 0 Å². The minimum Gasteiger partial charge on any atom is -0.486 e. The molecule has 90 valence electrons. The number of ether oxygens (including phenoxy) is 2. The molecule has 1 aliphatic rings. The lowest BCUT2D eigenvalue weighted by atomic mass is 10.0. The van der Waals surface area contributed by atoms with Gasteiger partial charge in [0.1, 0.15) is 13.2 Å². The van der Waals surface area contributed by atoms with Crippen LogP contribution >= 0.6 is 0 Å². The van der Waals surface area contributed by atoms with Crippen LogP contribution in [-0.4, -0.2) is 13.2 Å². The molecule has 1 aliphatic heterocycles. The van der Waals surface area contributed by atoms with E-state index in [0.29, 0.717) is 19.1 Å². The predicted octanol–water partition coefficient (Wildman–Crippen LogP) is 3.68. The lowest BCUT2D eigenvalue weighted by Gasteiger charge is -2.19. The molecule has 1 aromatic carbocycles. The average Bonchev–Trinajstić information content (AvgIpc) is 2.31. The average molecular weight is 222 g/mol. The van der Waals surface area contributed by atoms with Crippen LogP contribution in [-0.2, 0) is 6.42 Å². The predicted molar refractivity (Wildman–Crippen MR) is 67.3 cm³/mol. The van der Waals surface area contributed by atoms with Crippen LogP contribution in [0.25, 0.3) is 0 Å². The van der Waals surface area contributed by atoms with Crippen LogP contribution in [0.1, 0.15) is 33.3 Å². The summed E-state index contributed by atoms with van der Waals surface area (Å²) in [5.41, 5.74) is 1.32. The van der Waals surface area contributed by atoms with Crippen LogP contribution in [0.5, 0.6) is 11.5 Å². The molecule has 0 amide bonds. The van der Waals surface area contributed by atoms with Crippen LogP contribution in [0.15, 0.2) is 18.2 Å². The quantitative estimate of drug-likeness (QED) is 0.760. The van der Waals surface area contributed by atoms with Crippen LogP contribution < -0.4 is 9.47 Å². The van der Waals surface area contributed by atoms with Crippen molar-refractivity contribution in [1.29, 1.82) is 0 Å². The Labute approximate surface area is 98.6 Å². The highest BCUT2D eigenvalue weighted by Gasteiger charge is 2.11. The molecule has 0 radical (unpaired) electrons. The summed E-state index contributed by atoms with van der Waals surface area (Å²) in [7, 11) is 0. The molecule has 0 aromatic heterocycles. The normalized spacial score (nSPS) is 13.1. The van der Waals surface area contributed by atoms with Gasteiger partial charge < -0.3 is 9.47 Å². The summed E-state index contributed by atoms with van der Waals surface area (Å²) >= 11 is 0. The van der Waals surface area contributed by atoms with Gasteiger partial charge >= 0.3 is 0 Å². The Morgan fingerprint density at radius 2 is 1.69 bits per heavy atom. The number of hydrogen-bond acceptors (Lipinski definition) is 2. The Bertz CT molecular complexity index is 319. The van der Waals surface area contributed by atoms with Gasteiger partial charge in [-0.2, -0.15) is 0 Å². The molecule has 0 aliphatic carbocycles. The van der Waals surface area contributed by atoms with Crippen LogP contribution in [0, 0.1) is 5.92 Å². The molecule has 2 heteroatoms. The van der Waals surface area contributed by atoms with Crippen molar-refractivity contribution in [3.05, 3.63) is 23.8 Å². The van der Waals surface area contributed by atoms with Crippen LogP contribution in [0.4, 0.5) is 0 Å². The zero-order valence-corrected chi connectivity index (χ0v) is 10.7. The first kappa shape index (κ1) is 12.9. The van der Waals surface area contributed by atoms with E-state index in [1.165, 1.54) is 5.56 Å². The fourth-order valence-electron chi connectivity index (χ4n) is 1.69. The molecule has 0 saturated heterocycles. The van der Waals surface area contributed by atoms with Crippen molar-refractivity contribution < 1.29 is 9.47 Å². The minimum atomic E-state index is 0.663. The fraction of sp³-hybridized carbons (Fsp3) is 0.571. The van der Waals surface area contributed by atoms with Gasteiger partial charge in [0.05, 0.1) is 0 Å². The summed E-state index contributed by atoms with van der Waals surface area (Å²) in [5, 5.41) is 0. The van der Waals surface area contributed by atoms with E-state index >= 15 is 0 Å². The lowest BCUT2D eigenvalue weighted by molar-refractivity contribution is 0.171. The van der Waals surface area contributed by atoms with Crippen molar-refractivity contribution in [3.8, 4) is 11.5 Å². The highest BCUT2D eigenvalue weighted by atomic mass is 16.6. The SMILES string of the molecule is CC.CC(C)Cc1ccc2c(c1)OCCO2. The molecule has 0 saturated carbocycles. The molecule has 0 bridgehead atoms. The molecule has 0 unspecified atom stereocenters. The monoisotopic (exact) mass is 222 g/mol. The first-order valence-corrected chi connectivity index (χ1v) is 6.14. The molecule has 2 rings (SSSR count). The smallest absolute Gasteiger partial charge is 0.161 e. The van der Waals surface area contributed by atoms with E-state index in [4.69, 9.17) is 9.47 Å². The van der Waals surface area contributed by atoms with E-state index in [1.807, 2.05) is 19.9 Å². The Kier molecular flexibility index (Phi) is 5.17. The summed E-state index contributed by atoms with van der Waals surface area (Å²) in [6.07, 6.45) is 1.09. The van der Waals surface area contributed by atoms with Crippen molar-refractivity contribution in [2.75, 3.05) is 13.2 Å². The topological polar surface area (TPSA) is 18.5 Å². The van der Waals surface area contributed by atoms with Crippen molar-refractivity contribution in [2.24, 2.45) is 5.92 Å². The van der Waals surface area contributed by atoms with Crippen LogP contribution in [0.2, 0.25) is 0 Å². The van der Waals surface area contributed by atoms with Gasteiger partial charge in [0.15, 0.2) is 11.5 Å². The zero-order chi connectivity index (χ0) is 12.0. The first-order valence-electron chi connectivity index (χ1n) is 6.14. The Morgan fingerprint density at radius 3 is 2.31 bits per heavy atom. The Hall–Kier alpha value is -1.18. The first-order chi connectivity index (χ1) is 7.75. The molecule has 16 heavy (non-hydrogen) atoms.